The Hall–Kier alpha value is -0.795. The minimum atomic E-state index is -0.281. The van der Waals surface area contributed by atoms with Gasteiger partial charge < -0.3 is 9.31 Å². The zero-order valence-electron chi connectivity index (χ0n) is 21.5. The van der Waals surface area contributed by atoms with Gasteiger partial charge in [0.25, 0.3) is 0 Å². The zero-order chi connectivity index (χ0) is 22.7. The van der Waals surface area contributed by atoms with E-state index in [-0.39, 0.29) is 18.3 Å². The fraction of sp³-hybridized carbons (Fsp3) is 0.786. The molecule has 0 saturated carbocycles. The van der Waals surface area contributed by atoms with E-state index in [0.717, 1.165) is 11.4 Å². The maximum atomic E-state index is 6.22. The third kappa shape index (κ3) is 8.58. The van der Waals surface area contributed by atoms with E-state index in [4.69, 9.17) is 9.31 Å². The maximum absolute atomic E-state index is 6.22. The first-order valence-corrected chi connectivity index (χ1v) is 13.2. The molecule has 1 aromatic rings. The van der Waals surface area contributed by atoms with Crippen molar-refractivity contribution in [3.05, 3.63) is 29.8 Å². The Morgan fingerprint density at radius 3 is 1.65 bits per heavy atom. The van der Waals surface area contributed by atoms with Crippen LogP contribution >= 0.6 is 0 Å². The molecule has 3 heteroatoms. The van der Waals surface area contributed by atoms with Crippen LogP contribution in [0.5, 0.6) is 0 Å². The first-order valence-electron chi connectivity index (χ1n) is 13.2. The Bertz CT molecular complexity index is 592. The van der Waals surface area contributed by atoms with Crippen LogP contribution < -0.4 is 5.46 Å². The predicted octanol–water partition coefficient (Wildman–Crippen LogP) is 7.87. The van der Waals surface area contributed by atoms with Gasteiger partial charge in [-0.3, -0.25) is 0 Å². The SMILES string of the molecule is CCCCCCCCC(CCCCCC)Cc1ccc(B2OC(C)(C)C(C)(C)O2)cc1. The molecule has 0 aliphatic carbocycles. The van der Waals surface area contributed by atoms with Gasteiger partial charge in [0.15, 0.2) is 0 Å². The molecule has 2 rings (SSSR count). The lowest BCUT2D eigenvalue weighted by Gasteiger charge is -2.32. The third-order valence-electron chi connectivity index (χ3n) is 7.46. The van der Waals surface area contributed by atoms with Crippen molar-refractivity contribution in [2.24, 2.45) is 5.92 Å². The molecule has 0 aromatic heterocycles. The van der Waals surface area contributed by atoms with E-state index in [1.807, 2.05) is 0 Å². The number of rotatable bonds is 15. The van der Waals surface area contributed by atoms with Gasteiger partial charge in [-0.15, -0.1) is 0 Å². The van der Waals surface area contributed by atoms with Crippen LogP contribution in [0.2, 0.25) is 0 Å². The van der Waals surface area contributed by atoms with Crippen molar-refractivity contribution in [1.82, 2.24) is 0 Å². The second-order valence-corrected chi connectivity index (χ2v) is 10.8. The molecule has 1 unspecified atom stereocenters. The number of unbranched alkanes of at least 4 members (excludes halogenated alkanes) is 8. The van der Waals surface area contributed by atoms with Crippen molar-refractivity contribution in [2.75, 3.05) is 0 Å². The average Bonchev–Trinajstić information content (AvgIpc) is 2.95. The normalized spacial score (nSPS) is 18.5. The van der Waals surface area contributed by atoms with Gasteiger partial charge in [-0.1, -0.05) is 115 Å². The summed E-state index contributed by atoms with van der Waals surface area (Å²) in [6, 6.07) is 9.05. The van der Waals surface area contributed by atoms with Crippen LogP contribution in [0.25, 0.3) is 0 Å². The lowest BCUT2D eigenvalue weighted by molar-refractivity contribution is 0.00578. The zero-order valence-corrected chi connectivity index (χ0v) is 21.5. The Labute approximate surface area is 194 Å². The summed E-state index contributed by atoms with van der Waals surface area (Å²) in [5, 5.41) is 0. The first-order chi connectivity index (χ1) is 14.8. The standard InChI is InChI=1S/C28H49BO2/c1-7-9-11-13-14-16-18-24(17-15-12-10-8-2)23-25-19-21-26(22-20-25)29-30-27(3,4)28(5,6)31-29/h19-22,24H,7-18,23H2,1-6H3. The van der Waals surface area contributed by atoms with Crippen molar-refractivity contribution >= 4 is 12.6 Å². The van der Waals surface area contributed by atoms with Gasteiger partial charge in [-0.2, -0.15) is 0 Å². The Kier molecular flexibility index (Phi) is 11.1. The molecule has 1 saturated heterocycles. The average molecular weight is 429 g/mol. The second kappa shape index (κ2) is 13.0. The van der Waals surface area contributed by atoms with Crippen molar-refractivity contribution in [1.29, 1.82) is 0 Å². The predicted molar refractivity (Wildman–Crippen MR) is 136 cm³/mol. The molecular weight excluding hydrogens is 379 g/mol. The van der Waals surface area contributed by atoms with Crippen LogP contribution in [0, 0.1) is 5.92 Å². The van der Waals surface area contributed by atoms with E-state index >= 15 is 0 Å². The van der Waals surface area contributed by atoms with E-state index in [0.29, 0.717) is 0 Å². The monoisotopic (exact) mass is 428 g/mol. The van der Waals surface area contributed by atoms with E-state index in [2.05, 4.69) is 65.8 Å². The molecule has 1 aromatic carbocycles. The lowest BCUT2D eigenvalue weighted by Crippen LogP contribution is -2.41. The van der Waals surface area contributed by atoms with Gasteiger partial charge in [0.2, 0.25) is 0 Å². The molecule has 0 amide bonds. The largest absolute Gasteiger partial charge is 0.494 e. The van der Waals surface area contributed by atoms with E-state index in [9.17, 15) is 0 Å². The van der Waals surface area contributed by atoms with Crippen molar-refractivity contribution < 1.29 is 9.31 Å². The molecule has 0 bridgehead atoms. The van der Waals surface area contributed by atoms with Crippen LogP contribution in [0.15, 0.2) is 24.3 Å². The molecule has 0 spiro atoms. The fourth-order valence-electron chi connectivity index (χ4n) is 4.54. The Morgan fingerprint density at radius 1 is 0.677 bits per heavy atom. The number of hydrogen-bond donors (Lipinski definition) is 0. The molecule has 0 N–H and O–H groups in total. The second-order valence-electron chi connectivity index (χ2n) is 10.8. The minimum absolute atomic E-state index is 0.257. The quantitative estimate of drug-likeness (QED) is 0.209. The van der Waals surface area contributed by atoms with E-state index in [1.165, 1.54) is 89.0 Å². The number of hydrogen-bond acceptors (Lipinski definition) is 2. The Morgan fingerprint density at radius 2 is 1.13 bits per heavy atom. The summed E-state index contributed by atoms with van der Waals surface area (Å²) in [5.74, 6) is 0.825. The van der Waals surface area contributed by atoms with Crippen LogP contribution in [0.3, 0.4) is 0 Å². The molecule has 1 aliphatic heterocycles. The molecule has 0 radical (unpaired) electrons. The fourth-order valence-corrected chi connectivity index (χ4v) is 4.54. The van der Waals surface area contributed by atoms with Crippen molar-refractivity contribution in [3.8, 4) is 0 Å². The summed E-state index contributed by atoms with van der Waals surface area (Å²) in [6.45, 7) is 13.1. The molecule has 1 heterocycles. The van der Waals surface area contributed by atoms with E-state index < -0.39 is 0 Å². The van der Waals surface area contributed by atoms with Crippen LogP contribution in [0.1, 0.15) is 124 Å². The highest BCUT2D eigenvalue weighted by Gasteiger charge is 2.51. The molecule has 176 valence electrons. The summed E-state index contributed by atoms with van der Waals surface area (Å²) < 4.78 is 12.4. The van der Waals surface area contributed by atoms with Gasteiger partial charge >= 0.3 is 7.12 Å². The van der Waals surface area contributed by atoms with Gasteiger partial charge in [-0.05, 0) is 51.1 Å². The van der Waals surface area contributed by atoms with Gasteiger partial charge in [0.1, 0.15) is 0 Å². The molecule has 31 heavy (non-hydrogen) atoms. The minimum Gasteiger partial charge on any atom is -0.399 e. The van der Waals surface area contributed by atoms with Crippen molar-refractivity contribution in [3.63, 3.8) is 0 Å². The van der Waals surface area contributed by atoms with Crippen molar-refractivity contribution in [2.45, 2.75) is 136 Å². The molecule has 2 nitrogen and oxygen atoms in total. The molecular formula is C28H49BO2. The summed E-state index contributed by atoms with van der Waals surface area (Å²) in [5.41, 5.74) is 2.04. The third-order valence-corrected chi connectivity index (χ3v) is 7.46. The van der Waals surface area contributed by atoms with Gasteiger partial charge in [0.05, 0.1) is 11.2 Å². The summed E-state index contributed by atoms with van der Waals surface area (Å²) in [6.07, 6.45) is 17.8. The Balaban J connectivity index is 1.88. The summed E-state index contributed by atoms with van der Waals surface area (Å²) in [4.78, 5) is 0. The smallest absolute Gasteiger partial charge is 0.399 e. The molecule has 1 atom stereocenters. The van der Waals surface area contributed by atoms with Crippen LogP contribution in [0.4, 0.5) is 0 Å². The summed E-state index contributed by atoms with van der Waals surface area (Å²) in [7, 11) is -0.257. The highest BCUT2D eigenvalue weighted by Crippen LogP contribution is 2.36. The van der Waals surface area contributed by atoms with Gasteiger partial charge in [-0.25, -0.2) is 0 Å². The molecule has 1 aliphatic rings. The molecule has 1 fully saturated rings. The van der Waals surface area contributed by atoms with E-state index in [1.54, 1.807) is 0 Å². The summed E-state index contributed by atoms with van der Waals surface area (Å²) >= 11 is 0. The number of benzene rings is 1. The van der Waals surface area contributed by atoms with Crippen LogP contribution in [-0.2, 0) is 15.7 Å². The van der Waals surface area contributed by atoms with Crippen LogP contribution in [-0.4, -0.2) is 18.3 Å². The maximum Gasteiger partial charge on any atom is 0.494 e. The van der Waals surface area contributed by atoms with Gasteiger partial charge in [0, 0.05) is 0 Å². The lowest BCUT2D eigenvalue weighted by atomic mass is 9.78. The highest BCUT2D eigenvalue weighted by atomic mass is 16.7. The highest BCUT2D eigenvalue weighted by molar-refractivity contribution is 6.62. The first kappa shape index (κ1) is 26.5. The topological polar surface area (TPSA) is 18.5 Å².